The van der Waals surface area contributed by atoms with E-state index in [1.807, 2.05) is 29.2 Å². The Hall–Kier alpha value is -3.10. The zero-order valence-electron chi connectivity index (χ0n) is 15.8. The second-order valence-electron chi connectivity index (χ2n) is 6.12. The normalized spacial score (nSPS) is 10.9. The number of aliphatic hydroxyl groups excluding tert-OH is 2. The minimum Gasteiger partial charge on any atom is -0.497 e. The second kappa shape index (κ2) is 8.73. The molecule has 0 amide bonds. The van der Waals surface area contributed by atoms with Gasteiger partial charge in [-0.1, -0.05) is 0 Å². The number of hydrogen-bond donors (Lipinski definition) is 3. The van der Waals surface area contributed by atoms with Gasteiger partial charge in [0.1, 0.15) is 22.7 Å². The quantitative estimate of drug-likeness (QED) is 0.538. The molecule has 1 aromatic heterocycles. The fraction of sp³-hybridized carbons (Fsp3) is 0.300. The monoisotopic (exact) mass is 385 g/mol. The zero-order valence-corrected chi connectivity index (χ0v) is 15.8. The molecule has 0 fully saturated rings. The summed E-state index contributed by atoms with van der Waals surface area (Å²) in [5.41, 5.74) is 1.77. The second-order valence-corrected chi connectivity index (χ2v) is 6.12. The number of hydrogen-bond acceptors (Lipinski definition) is 7. The largest absolute Gasteiger partial charge is 0.497 e. The highest BCUT2D eigenvalue weighted by atomic mass is 16.5. The number of aromatic nitrogens is 2. The van der Waals surface area contributed by atoms with Crippen LogP contribution in [0.2, 0.25) is 0 Å². The zero-order chi connectivity index (χ0) is 20.1. The van der Waals surface area contributed by atoms with Crippen LogP contribution in [0.3, 0.4) is 0 Å². The third-order valence-corrected chi connectivity index (χ3v) is 4.45. The number of methoxy groups -OCH3 is 2. The topological polar surface area (TPSA) is 108 Å². The van der Waals surface area contributed by atoms with Gasteiger partial charge in [0.05, 0.1) is 33.0 Å². The fourth-order valence-corrected chi connectivity index (χ4v) is 3.07. The van der Waals surface area contributed by atoms with Crippen molar-refractivity contribution in [2.45, 2.75) is 0 Å². The van der Waals surface area contributed by atoms with Gasteiger partial charge in [-0.15, -0.1) is 0 Å². The number of anilines is 1. The van der Waals surface area contributed by atoms with E-state index in [9.17, 15) is 15.0 Å². The van der Waals surface area contributed by atoms with Gasteiger partial charge in [0, 0.05) is 36.5 Å². The van der Waals surface area contributed by atoms with Crippen molar-refractivity contribution in [2.24, 2.45) is 0 Å². The first-order valence-electron chi connectivity index (χ1n) is 8.84. The fourth-order valence-electron chi connectivity index (χ4n) is 3.07. The Balaban J connectivity index is 2.03. The number of nitrogens with zero attached hydrogens (tertiary/aromatic N) is 2. The molecule has 0 radical (unpaired) electrons. The maximum Gasteiger partial charge on any atom is 0.262 e. The molecule has 3 rings (SSSR count). The van der Waals surface area contributed by atoms with Crippen molar-refractivity contribution in [3.05, 3.63) is 46.8 Å². The summed E-state index contributed by atoms with van der Waals surface area (Å²) in [6.45, 7) is 0.824. The molecule has 8 nitrogen and oxygen atoms in total. The smallest absolute Gasteiger partial charge is 0.262 e. The lowest BCUT2D eigenvalue weighted by Crippen LogP contribution is -2.29. The highest BCUT2D eigenvalue weighted by molar-refractivity contribution is 5.87. The molecule has 0 spiro atoms. The summed E-state index contributed by atoms with van der Waals surface area (Å²) in [4.78, 5) is 21.8. The van der Waals surface area contributed by atoms with E-state index in [2.05, 4.69) is 9.97 Å². The predicted molar refractivity (Wildman–Crippen MR) is 107 cm³/mol. The van der Waals surface area contributed by atoms with E-state index in [4.69, 9.17) is 9.47 Å². The van der Waals surface area contributed by atoms with Crippen LogP contribution in [0, 0.1) is 0 Å². The number of aromatic amines is 1. The third-order valence-electron chi connectivity index (χ3n) is 4.45. The van der Waals surface area contributed by atoms with E-state index in [0.29, 0.717) is 41.3 Å². The highest BCUT2D eigenvalue weighted by Gasteiger charge is 2.13. The molecule has 0 saturated carbocycles. The van der Waals surface area contributed by atoms with Crippen LogP contribution in [0.4, 0.5) is 5.69 Å². The van der Waals surface area contributed by atoms with Crippen LogP contribution in [0.15, 0.2) is 41.2 Å². The van der Waals surface area contributed by atoms with Gasteiger partial charge in [-0.2, -0.15) is 0 Å². The third kappa shape index (κ3) is 3.92. The Morgan fingerprint density at radius 1 is 1.04 bits per heavy atom. The van der Waals surface area contributed by atoms with Crippen molar-refractivity contribution in [1.82, 2.24) is 9.97 Å². The maximum atomic E-state index is 12.6. The number of benzene rings is 2. The number of fused-ring (bicyclic) bond motifs is 1. The average Bonchev–Trinajstić information content (AvgIpc) is 2.72. The Morgan fingerprint density at radius 3 is 2.29 bits per heavy atom. The molecule has 0 bridgehead atoms. The molecule has 148 valence electrons. The lowest BCUT2D eigenvalue weighted by molar-refractivity contribution is 0.281. The number of ether oxygens (including phenoxy) is 2. The lowest BCUT2D eigenvalue weighted by Gasteiger charge is -2.23. The lowest BCUT2D eigenvalue weighted by atomic mass is 10.1. The molecule has 0 aliphatic rings. The Labute approximate surface area is 162 Å². The molecule has 3 aromatic rings. The van der Waals surface area contributed by atoms with E-state index < -0.39 is 0 Å². The van der Waals surface area contributed by atoms with E-state index in [-0.39, 0.29) is 18.8 Å². The minimum absolute atomic E-state index is 0.00896. The van der Waals surface area contributed by atoms with Crippen LogP contribution in [0.5, 0.6) is 11.5 Å². The van der Waals surface area contributed by atoms with E-state index >= 15 is 0 Å². The first kappa shape index (κ1) is 19.7. The number of nitrogens with one attached hydrogen (secondary N) is 1. The Bertz CT molecular complexity index is 995. The predicted octanol–water partition coefficient (Wildman–Crippen LogP) is 1.40. The van der Waals surface area contributed by atoms with Gasteiger partial charge in [0.25, 0.3) is 5.56 Å². The number of aliphatic hydroxyl groups is 2. The standard InChI is InChI=1S/C20H23N3O5/c1-27-15-11-16-18(17(12-15)28-2)20(26)22-19(21-16)13-3-5-14(6-4-13)23(7-9-24)8-10-25/h3-6,11-12,24-25H,7-10H2,1-2H3,(H,21,22,26). The summed E-state index contributed by atoms with van der Waals surface area (Å²) < 4.78 is 10.6. The molecule has 0 aliphatic carbocycles. The van der Waals surface area contributed by atoms with Crippen LogP contribution >= 0.6 is 0 Å². The molecule has 0 saturated heterocycles. The molecule has 0 aliphatic heterocycles. The first-order chi connectivity index (χ1) is 13.6. The molecule has 8 heteroatoms. The van der Waals surface area contributed by atoms with Crippen LogP contribution < -0.4 is 19.9 Å². The van der Waals surface area contributed by atoms with Crippen LogP contribution in [0.25, 0.3) is 22.3 Å². The van der Waals surface area contributed by atoms with Gasteiger partial charge in [-0.25, -0.2) is 4.98 Å². The van der Waals surface area contributed by atoms with Crippen molar-refractivity contribution >= 4 is 16.6 Å². The van der Waals surface area contributed by atoms with E-state index in [1.165, 1.54) is 14.2 Å². The van der Waals surface area contributed by atoms with Gasteiger partial charge in [0.15, 0.2) is 0 Å². The summed E-state index contributed by atoms with van der Waals surface area (Å²) in [5, 5.41) is 18.7. The van der Waals surface area contributed by atoms with Crippen molar-refractivity contribution in [3.8, 4) is 22.9 Å². The molecule has 1 heterocycles. The van der Waals surface area contributed by atoms with E-state index in [1.54, 1.807) is 12.1 Å². The summed E-state index contributed by atoms with van der Waals surface area (Å²) in [6, 6.07) is 10.7. The molecular formula is C20H23N3O5. The number of rotatable bonds is 8. The van der Waals surface area contributed by atoms with Crippen molar-refractivity contribution in [3.63, 3.8) is 0 Å². The van der Waals surface area contributed by atoms with Crippen LogP contribution in [0.1, 0.15) is 0 Å². The van der Waals surface area contributed by atoms with Gasteiger partial charge in [-0.05, 0) is 24.3 Å². The van der Waals surface area contributed by atoms with Crippen molar-refractivity contribution in [2.75, 3.05) is 45.4 Å². The van der Waals surface area contributed by atoms with Crippen LogP contribution in [-0.2, 0) is 0 Å². The van der Waals surface area contributed by atoms with Gasteiger partial charge >= 0.3 is 0 Å². The maximum absolute atomic E-state index is 12.6. The SMILES string of the molecule is COc1cc(OC)c2c(=O)[nH]c(-c3ccc(N(CCO)CCO)cc3)nc2c1. The van der Waals surface area contributed by atoms with Gasteiger partial charge < -0.3 is 29.6 Å². The molecular weight excluding hydrogens is 362 g/mol. The summed E-state index contributed by atoms with van der Waals surface area (Å²) in [5.74, 6) is 1.37. The molecule has 3 N–H and O–H groups in total. The Morgan fingerprint density at radius 2 is 1.71 bits per heavy atom. The average molecular weight is 385 g/mol. The van der Waals surface area contributed by atoms with E-state index in [0.717, 1.165) is 11.3 Å². The van der Waals surface area contributed by atoms with Crippen molar-refractivity contribution in [1.29, 1.82) is 0 Å². The molecule has 0 atom stereocenters. The molecule has 0 unspecified atom stereocenters. The summed E-state index contributed by atoms with van der Waals surface area (Å²) in [6.07, 6.45) is 0. The van der Waals surface area contributed by atoms with Crippen LogP contribution in [-0.4, -0.2) is 60.7 Å². The Kier molecular flexibility index (Phi) is 6.13. The van der Waals surface area contributed by atoms with Gasteiger partial charge in [-0.3, -0.25) is 4.79 Å². The van der Waals surface area contributed by atoms with Crippen molar-refractivity contribution < 1.29 is 19.7 Å². The minimum atomic E-state index is -0.300. The summed E-state index contributed by atoms with van der Waals surface area (Å²) in [7, 11) is 3.03. The molecule has 28 heavy (non-hydrogen) atoms. The first-order valence-corrected chi connectivity index (χ1v) is 8.84. The molecule has 2 aromatic carbocycles. The summed E-state index contributed by atoms with van der Waals surface area (Å²) >= 11 is 0. The number of H-pyrrole nitrogens is 1. The van der Waals surface area contributed by atoms with Gasteiger partial charge in [0.2, 0.25) is 0 Å². The highest BCUT2D eigenvalue weighted by Crippen LogP contribution is 2.29.